The second kappa shape index (κ2) is 4.28. The van der Waals surface area contributed by atoms with Gasteiger partial charge in [-0.05, 0) is 24.6 Å². The van der Waals surface area contributed by atoms with E-state index in [9.17, 15) is 4.79 Å². The molecular weight excluding hydrogens is 152 g/mol. The number of hydrogen-bond donors (Lipinski definition) is 1. The van der Waals surface area contributed by atoms with E-state index in [1.807, 2.05) is 19.1 Å². The van der Waals surface area contributed by atoms with E-state index in [1.54, 1.807) is 12.4 Å². The Kier molecular flexibility index (Phi) is 3.02. The summed E-state index contributed by atoms with van der Waals surface area (Å²) in [4.78, 5) is 14.0. The van der Waals surface area contributed by atoms with Gasteiger partial charge in [0.1, 0.15) is 12.1 Å². The van der Waals surface area contributed by atoms with Gasteiger partial charge in [-0.3, -0.25) is 4.79 Å². The average Bonchev–Trinajstić information content (AvgIpc) is 2.09. The molecule has 0 radical (unpaired) electrons. The van der Waals surface area contributed by atoms with Gasteiger partial charge in [0.25, 0.3) is 0 Å². The maximum absolute atomic E-state index is 9.93. The number of aromatic nitrogens is 1. The van der Waals surface area contributed by atoms with Crippen LogP contribution >= 0.6 is 0 Å². The standard InChI is InChI=1S/C9H10N2O/c1-8-4-2-5-10-9(8)11-6-3-7-12/h2-7H,1H3,(H,10,11). The lowest BCUT2D eigenvalue weighted by Crippen LogP contribution is -1.93. The van der Waals surface area contributed by atoms with Crippen LogP contribution in [0, 0.1) is 6.92 Å². The minimum atomic E-state index is 0.714. The molecule has 3 nitrogen and oxygen atoms in total. The molecule has 0 aliphatic carbocycles. The molecule has 0 unspecified atom stereocenters. The first kappa shape index (κ1) is 8.46. The predicted molar refractivity (Wildman–Crippen MR) is 47.8 cm³/mol. The molecular formula is C9H10N2O. The zero-order valence-corrected chi connectivity index (χ0v) is 6.82. The summed E-state index contributed by atoms with van der Waals surface area (Å²) in [6.07, 6.45) is 5.35. The van der Waals surface area contributed by atoms with Crippen LogP contribution in [-0.4, -0.2) is 11.3 Å². The van der Waals surface area contributed by atoms with Crippen LogP contribution in [-0.2, 0) is 4.79 Å². The lowest BCUT2D eigenvalue weighted by Gasteiger charge is -2.01. The van der Waals surface area contributed by atoms with Crippen molar-refractivity contribution in [3.8, 4) is 0 Å². The largest absolute Gasteiger partial charge is 0.346 e. The fourth-order valence-electron chi connectivity index (χ4n) is 0.803. The molecule has 1 aromatic heterocycles. The van der Waals surface area contributed by atoms with Gasteiger partial charge in [-0.25, -0.2) is 4.98 Å². The monoisotopic (exact) mass is 162 g/mol. The van der Waals surface area contributed by atoms with Crippen LogP contribution in [0.15, 0.2) is 30.6 Å². The Morgan fingerprint density at radius 1 is 1.58 bits per heavy atom. The lowest BCUT2D eigenvalue weighted by molar-refractivity contribution is -0.104. The molecule has 0 aromatic carbocycles. The highest BCUT2D eigenvalue weighted by Gasteiger charge is 1.92. The SMILES string of the molecule is Cc1cccnc1NC=CC=O. The van der Waals surface area contributed by atoms with E-state index in [4.69, 9.17) is 0 Å². The van der Waals surface area contributed by atoms with Gasteiger partial charge >= 0.3 is 0 Å². The number of allylic oxidation sites excluding steroid dienone is 1. The lowest BCUT2D eigenvalue weighted by atomic mass is 10.3. The molecule has 0 atom stereocenters. The number of aryl methyl sites for hydroxylation is 1. The molecule has 0 saturated heterocycles. The molecule has 0 amide bonds. The van der Waals surface area contributed by atoms with Crippen LogP contribution in [0.4, 0.5) is 5.82 Å². The summed E-state index contributed by atoms with van der Waals surface area (Å²) in [6.45, 7) is 1.95. The Hall–Kier alpha value is -1.64. The van der Waals surface area contributed by atoms with Gasteiger partial charge in [-0.1, -0.05) is 6.07 Å². The van der Waals surface area contributed by atoms with E-state index in [-0.39, 0.29) is 0 Å². The Balaban J connectivity index is 2.69. The number of nitrogens with zero attached hydrogens (tertiary/aromatic N) is 1. The van der Waals surface area contributed by atoms with E-state index in [2.05, 4.69) is 10.3 Å². The van der Waals surface area contributed by atoms with Crippen molar-refractivity contribution in [1.82, 2.24) is 4.98 Å². The van der Waals surface area contributed by atoms with E-state index in [0.717, 1.165) is 11.4 Å². The number of carbonyl (C=O) groups is 1. The van der Waals surface area contributed by atoms with Crippen molar-refractivity contribution in [3.63, 3.8) is 0 Å². The first-order chi connectivity index (χ1) is 5.84. The summed E-state index contributed by atoms with van der Waals surface area (Å²) in [6, 6.07) is 3.81. The van der Waals surface area contributed by atoms with Crippen LogP contribution in [0.1, 0.15) is 5.56 Å². The molecule has 0 fully saturated rings. The quantitative estimate of drug-likeness (QED) is 0.541. The topological polar surface area (TPSA) is 42.0 Å². The summed E-state index contributed by atoms with van der Waals surface area (Å²) < 4.78 is 0. The van der Waals surface area contributed by atoms with Crippen molar-refractivity contribution in [2.45, 2.75) is 6.92 Å². The minimum Gasteiger partial charge on any atom is -0.346 e. The molecule has 0 saturated carbocycles. The summed E-state index contributed by atoms with van der Waals surface area (Å²) in [7, 11) is 0. The number of rotatable bonds is 3. The van der Waals surface area contributed by atoms with Crippen LogP contribution in [0.25, 0.3) is 0 Å². The van der Waals surface area contributed by atoms with Crippen LogP contribution in [0.5, 0.6) is 0 Å². The zero-order chi connectivity index (χ0) is 8.81. The zero-order valence-electron chi connectivity index (χ0n) is 6.82. The number of hydrogen-bond acceptors (Lipinski definition) is 3. The van der Waals surface area contributed by atoms with Crippen molar-refractivity contribution in [1.29, 1.82) is 0 Å². The van der Waals surface area contributed by atoms with E-state index in [1.165, 1.54) is 6.08 Å². The summed E-state index contributed by atoms with van der Waals surface area (Å²) >= 11 is 0. The molecule has 3 heteroatoms. The van der Waals surface area contributed by atoms with Crippen LogP contribution < -0.4 is 5.32 Å². The molecule has 1 N–H and O–H groups in total. The number of carbonyl (C=O) groups excluding carboxylic acids is 1. The first-order valence-corrected chi connectivity index (χ1v) is 3.63. The number of aldehydes is 1. The van der Waals surface area contributed by atoms with Crippen molar-refractivity contribution in [3.05, 3.63) is 36.2 Å². The van der Waals surface area contributed by atoms with Crippen molar-refractivity contribution in [2.24, 2.45) is 0 Å². The van der Waals surface area contributed by atoms with Crippen molar-refractivity contribution < 1.29 is 4.79 Å². The minimum absolute atomic E-state index is 0.714. The van der Waals surface area contributed by atoms with Crippen LogP contribution in [0.3, 0.4) is 0 Å². The normalized spacial score (nSPS) is 10.1. The van der Waals surface area contributed by atoms with Crippen molar-refractivity contribution in [2.75, 3.05) is 5.32 Å². The van der Waals surface area contributed by atoms with E-state index >= 15 is 0 Å². The van der Waals surface area contributed by atoms with Gasteiger partial charge < -0.3 is 5.32 Å². The molecule has 0 aliphatic rings. The Morgan fingerprint density at radius 3 is 3.08 bits per heavy atom. The number of pyridine rings is 1. The van der Waals surface area contributed by atoms with E-state index < -0.39 is 0 Å². The third-order valence-electron chi connectivity index (χ3n) is 1.40. The molecule has 0 aliphatic heterocycles. The summed E-state index contributed by atoms with van der Waals surface area (Å²) in [5.41, 5.74) is 1.05. The maximum Gasteiger partial charge on any atom is 0.144 e. The molecule has 1 rings (SSSR count). The highest BCUT2D eigenvalue weighted by Crippen LogP contribution is 2.08. The van der Waals surface area contributed by atoms with Gasteiger partial charge in [0.15, 0.2) is 0 Å². The molecule has 62 valence electrons. The Labute approximate surface area is 71.1 Å². The molecule has 1 aromatic rings. The molecule has 0 spiro atoms. The van der Waals surface area contributed by atoms with Crippen LogP contribution in [0.2, 0.25) is 0 Å². The Bertz CT molecular complexity index is 294. The van der Waals surface area contributed by atoms with E-state index in [0.29, 0.717) is 6.29 Å². The third-order valence-corrected chi connectivity index (χ3v) is 1.40. The van der Waals surface area contributed by atoms with Gasteiger partial charge in [-0.15, -0.1) is 0 Å². The average molecular weight is 162 g/mol. The van der Waals surface area contributed by atoms with Gasteiger partial charge in [0, 0.05) is 12.4 Å². The van der Waals surface area contributed by atoms with Gasteiger partial charge in [-0.2, -0.15) is 0 Å². The molecule has 1 heterocycles. The third kappa shape index (κ3) is 2.20. The fraction of sp³-hybridized carbons (Fsp3) is 0.111. The smallest absolute Gasteiger partial charge is 0.144 e. The fourth-order valence-corrected chi connectivity index (χ4v) is 0.803. The highest BCUT2D eigenvalue weighted by molar-refractivity contribution is 5.65. The van der Waals surface area contributed by atoms with Gasteiger partial charge in [0.05, 0.1) is 0 Å². The summed E-state index contributed by atoms with van der Waals surface area (Å²) in [5.74, 6) is 0.774. The second-order valence-electron chi connectivity index (χ2n) is 2.31. The predicted octanol–water partition coefficient (Wildman–Crippen LogP) is 1.51. The Morgan fingerprint density at radius 2 is 2.42 bits per heavy atom. The summed E-state index contributed by atoms with van der Waals surface area (Å²) in [5, 5.41) is 2.89. The number of anilines is 1. The highest BCUT2D eigenvalue weighted by atomic mass is 16.1. The second-order valence-corrected chi connectivity index (χ2v) is 2.31. The molecule has 0 bridgehead atoms. The maximum atomic E-state index is 9.93. The first-order valence-electron chi connectivity index (χ1n) is 3.63. The molecule has 12 heavy (non-hydrogen) atoms. The van der Waals surface area contributed by atoms with Gasteiger partial charge in [0.2, 0.25) is 0 Å². The number of nitrogens with one attached hydrogen (secondary N) is 1. The van der Waals surface area contributed by atoms with Crippen molar-refractivity contribution >= 4 is 12.1 Å².